The Hall–Kier alpha value is -2.22. The monoisotopic (exact) mass is 381 g/mol. The molecule has 3 rings (SSSR count). The molecule has 148 valence electrons. The number of benzene rings is 1. The summed E-state index contributed by atoms with van der Waals surface area (Å²) < 4.78 is 31.6. The second-order valence-electron chi connectivity index (χ2n) is 7.01. The van der Waals surface area contributed by atoms with Gasteiger partial charge in [0.15, 0.2) is 11.6 Å². The van der Waals surface area contributed by atoms with Gasteiger partial charge in [-0.05, 0) is 44.7 Å². The number of ether oxygens (including phenoxy) is 1. The van der Waals surface area contributed by atoms with E-state index < -0.39 is 11.6 Å². The van der Waals surface area contributed by atoms with E-state index in [0.717, 1.165) is 37.8 Å². The molecule has 0 aliphatic carbocycles. The zero-order valence-corrected chi connectivity index (χ0v) is 15.4. The molecular weight excluding hydrogens is 356 g/mol. The van der Waals surface area contributed by atoms with E-state index in [9.17, 15) is 18.4 Å². The molecule has 1 aromatic rings. The zero-order chi connectivity index (χ0) is 19.4. The topological polar surface area (TPSA) is 61.9 Å². The maximum Gasteiger partial charge on any atom is 0.410 e. The number of amides is 2. The highest BCUT2D eigenvalue weighted by Gasteiger charge is 2.43. The predicted molar refractivity (Wildman–Crippen MR) is 96.5 cm³/mol. The lowest BCUT2D eigenvalue weighted by Gasteiger charge is -2.38. The first-order valence-corrected chi connectivity index (χ1v) is 9.39. The summed E-state index contributed by atoms with van der Waals surface area (Å²) in [6, 6.07) is 4.04. The van der Waals surface area contributed by atoms with Crippen LogP contribution in [0.1, 0.15) is 32.6 Å². The molecule has 1 aromatic carbocycles. The maximum atomic E-state index is 13.4. The van der Waals surface area contributed by atoms with E-state index in [4.69, 9.17) is 4.74 Å². The molecule has 6 nitrogen and oxygen atoms in total. The largest absolute Gasteiger partial charge is 0.450 e. The molecule has 2 saturated heterocycles. The van der Waals surface area contributed by atoms with Gasteiger partial charge in [-0.1, -0.05) is 0 Å². The van der Waals surface area contributed by atoms with Crippen molar-refractivity contribution in [1.82, 2.24) is 10.2 Å². The van der Waals surface area contributed by atoms with Crippen molar-refractivity contribution in [3.8, 4) is 0 Å². The summed E-state index contributed by atoms with van der Waals surface area (Å²) in [4.78, 5) is 26.6. The Kier molecular flexibility index (Phi) is 6.26. The number of hydrogen-bond acceptors (Lipinski definition) is 4. The van der Waals surface area contributed by atoms with E-state index in [-0.39, 0.29) is 24.2 Å². The summed E-state index contributed by atoms with van der Waals surface area (Å²) in [5.74, 6) is -1.92. The van der Waals surface area contributed by atoms with Crippen molar-refractivity contribution in [2.24, 2.45) is 0 Å². The average Bonchev–Trinajstić information content (AvgIpc) is 2.92. The van der Waals surface area contributed by atoms with Crippen LogP contribution in [0.5, 0.6) is 0 Å². The molecule has 0 spiro atoms. The van der Waals surface area contributed by atoms with Crippen molar-refractivity contribution < 1.29 is 23.1 Å². The van der Waals surface area contributed by atoms with Gasteiger partial charge in [-0.15, -0.1) is 0 Å². The van der Waals surface area contributed by atoms with E-state index in [1.54, 1.807) is 6.92 Å². The van der Waals surface area contributed by atoms with Crippen molar-refractivity contribution >= 4 is 18.2 Å². The van der Waals surface area contributed by atoms with Gasteiger partial charge in [0.1, 0.15) is 0 Å². The third-order valence-corrected chi connectivity index (χ3v) is 5.36. The van der Waals surface area contributed by atoms with Gasteiger partial charge in [0.25, 0.3) is 0 Å². The van der Waals surface area contributed by atoms with Gasteiger partial charge in [0.05, 0.1) is 6.61 Å². The maximum absolute atomic E-state index is 13.4. The van der Waals surface area contributed by atoms with Crippen LogP contribution in [-0.2, 0) is 9.53 Å². The van der Waals surface area contributed by atoms with Gasteiger partial charge in [-0.2, -0.15) is 0 Å². The lowest BCUT2D eigenvalue weighted by molar-refractivity contribution is -0.107. The van der Waals surface area contributed by atoms with Crippen LogP contribution in [0.15, 0.2) is 18.2 Å². The fraction of sp³-hybridized carbons (Fsp3) is 0.579. The molecule has 2 heterocycles. The molecule has 2 aliphatic rings. The third-order valence-electron chi connectivity index (χ3n) is 5.36. The van der Waals surface area contributed by atoms with Gasteiger partial charge in [-0.3, -0.25) is 4.79 Å². The highest BCUT2D eigenvalue weighted by molar-refractivity contribution is 5.75. The highest BCUT2D eigenvalue weighted by atomic mass is 19.2. The Morgan fingerprint density at radius 2 is 2.00 bits per heavy atom. The number of halogens is 2. The van der Waals surface area contributed by atoms with Crippen molar-refractivity contribution in [3.05, 3.63) is 29.8 Å². The van der Waals surface area contributed by atoms with Crippen LogP contribution in [0.2, 0.25) is 0 Å². The second kappa shape index (κ2) is 8.65. The Bertz CT molecular complexity index is 674. The van der Waals surface area contributed by atoms with Crippen LogP contribution in [0.4, 0.5) is 19.3 Å². The molecule has 1 N–H and O–H groups in total. The lowest BCUT2D eigenvalue weighted by Crippen LogP contribution is -2.52. The first-order chi connectivity index (χ1) is 13.0. The first kappa shape index (κ1) is 19.5. The Balaban J connectivity index is 1.50. The van der Waals surface area contributed by atoms with E-state index in [0.29, 0.717) is 31.8 Å². The SMILES string of the molecule is CCOC(=O)N1C2CCC1CC(NCCN(C=O)c1ccc(F)c(F)c1)C2. The molecule has 2 unspecified atom stereocenters. The van der Waals surface area contributed by atoms with Crippen LogP contribution in [0.3, 0.4) is 0 Å². The molecule has 0 aromatic heterocycles. The van der Waals surface area contributed by atoms with Crippen molar-refractivity contribution in [2.45, 2.75) is 50.7 Å². The van der Waals surface area contributed by atoms with Gasteiger partial charge < -0.3 is 19.9 Å². The molecule has 2 fully saturated rings. The van der Waals surface area contributed by atoms with Crippen molar-refractivity contribution in [3.63, 3.8) is 0 Å². The zero-order valence-electron chi connectivity index (χ0n) is 15.4. The number of nitrogens with zero attached hydrogens (tertiary/aromatic N) is 2. The predicted octanol–water partition coefficient (Wildman–Crippen LogP) is 2.67. The quantitative estimate of drug-likeness (QED) is 0.738. The number of anilines is 1. The molecular formula is C19H25F2N3O3. The second-order valence-corrected chi connectivity index (χ2v) is 7.01. The summed E-state index contributed by atoms with van der Waals surface area (Å²) in [6.45, 7) is 3.06. The van der Waals surface area contributed by atoms with Crippen LogP contribution in [0, 0.1) is 11.6 Å². The van der Waals surface area contributed by atoms with Crippen molar-refractivity contribution in [1.29, 1.82) is 0 Å². The fourth-order valence-electron chi connectivity index (χ4n) is 4.14. The van der Waals surface area contributed by atoms with E-state index in [1.165, 1.54) is 11.0 Å². The number of fused-ring (bicyclic) bond motifs is 2. The van der Waals surface area contributed by atoms with Crippen LogP contribution >= 0.6 is 0 Å². The number of nitrogens with one attached hydrogen (secondary N) is 1. The smallest absolute Gasteiger partial charge is 0.410 e. The molecule has 2 amide bonds. The molecule has 2 aliphatic heterocycles. The Morgan fingerprint density at radius 1 is 1.30 bits per heavy atom. The van der Waals surface area contributed by atoms with E-state index in [1.807, 2.05) is 4.90 Å². The number of rotatable bonds is 7. The van der Waals surface area contributed by atoms with Gasteiger partial charge in [0.2, 0.25) is 6.41 Å². The molecule has 2 atom stereocenters. The summed E-state index contributed by atoms with van der Waals surface area (Å²) in [7, 11) is 0. The lowest BCUT2D eigenvalue weighted by atomic mass is 9.98. The Labute approximate surface area is 157 Å². The fourth-order valence-corrected chi connectivity index (χ4v) is 4.14. The van der Waals surface area contributed by atoms with Gasteiger partial charge in [-0.25, -0.2) is 13.6 Å². The summed E-state index contributed by atoms with van der Waals surface area (Å²) in [6.07, 6.45) is 4.05. The average molecular weight is 381 g/mol. The number of hydrogen-bond donors (Lipinski definition) is 1. The van der Waals surface area contributed by atoms with E-state index >= 15 is 0 Å². The molecule has 0 saturated carbocycles. The van der Waals surface area contributed by atoms with Gasteiger partial charge >= 0.3 is 6.09 Å². The number of carbonyl (C=O) groups excluding carboxylic acids is 2. The molecule has 2 bridgehead atoms. The molecule has 0 radical (unpaired) electrons. The van der Waals surface area contributed by atoms with Gasteiger partial charge in [0, 0.05) is 43.0 Å². The van der Waals surface area contributed by atoms with Crippen LogP contribution in [-0.4, -0.2) is 55.2 Å². The summed E-state index contributed by atoms with van der Waals surface area (Å²) in [5.41, 5.74) is 0.322. The highest BCUT2D eigenvalue weighted by Crippen LogP contribution is 2.36. The standard InChI is InChI=1S/C19H25F2N3O3/c1-2-27-19(26)24-15-3-4-16(24)10-13(9-15)22-7-8-23(12-25)14-5-6-17(20)18(21)11-14/h5-6,11-13,15-16,22H,2-4,7-10H2,1H3. The van der Waals surface area contributed by atoms with Crippen LogP contribution in [0.25, 0.3) is 0 Å². The minimum atomic E-state index is -0.977. The van der Waals surface area contributed by atoms with Crippen molar-refractivity contribution in [2.75, 3.05) is 24.6 Å². The number of piperidine rings is 1. The molecule has 27 heavy (non-hydrogen) atoms. The molecule has 8 heteroatoms. The normalized spacial score (nSPS) is 24.0. The van der Waals surface area contributed by atoms with Crippen LogP contribution < -0.4 is 10.2 Å². The summed E-state index contributed by atoms with van der Waals surface area (Å²) in [5, 5.41) is 3.43. The minimum Gasteiger partial charge on any atom is -0.450 e. The third kappa shape index (κ3) is 4.37. The number of carbonyl (C=O) groups is 2. The summed E-state index contributed by atoms with van der Waals surface area (Å²) >= 11 is 0. The van der Waals surface area contributed by atoms with E-state index in [2.05, 4.69) is 5.32 Å². The first-order valence-electron chi connectivity index (χ1n) is 9.39. The minimum absolute atomic E-state index is 0.189. The Morgan fingerprint density at radius 3 is 2.59 bits per heavy atom.